The Bertz CT molecular complexity index is 138. The number of rotatable bonds is 0. The molecule has 0 aromatic carbocycles. The van der Waals surface area contributed by atoms with E-state index in [-0.39, 0.29) is 24.0 Å². The van der Waals surface area contributed by atoms with Crippen LogP contribution in [-0.2, 0) is 0 Å². The van der Waals surface area contributed by atoms with Gasteiger partial charge in [-0.2, -0.15) is 0 Å². The lowest BCUT2D eigenvalue weighted by Gasteiger charge is -2.31. The number of hydrogen-bond donors (Lipinski definition) is 0. The molecule has 1 aliphatic heterocycles. The first-order chi connectivity index (χ1) is 4.10. The topological polar surface area (TPSA) is 0 Å². The molecule has 1 aliphatic rings. The van der Waals surface area contributed by atoms with Crippen molar-refractivity contribution in [3.8, 4) is 0 Å². The zero-order chi connectivity index (χ0) is 6.91. The molecule has 0 spiro atoms. The van der Waals surface area contributed by atoms with Gasteiger partial charge < -0.3 is 28.5 Å². The summed E-state index contributed by atoms with van der Waals surface area (Å²) < 4.78 is 1.16. The van der Waals surface area contributed by atoms with Crippen LogP contribution in [0.25, 0.3) is 0 Å². The Morgan fingerprint density at radius 2 is 2.00 bits per heavy atom. The van der Waals surface area contributed by atoms with Crippen LogP contribution < -0.4 is 24.0 Å². The van der Waals surface area contributed by atoms with Crippen molar-refractivity contribution in [3.63, 3.8) is 0 Å². The molecule has 1 rings (SSSR count). The second-order valence-electron chi connectivity index (χ2n) is 3.64. The van der Waals surface area contributed by atoms with Crippen LogP contribution in [0.5, 0.6) is 0 Å². The van der Waals surface area contributed by atoms with Gasteiger partial charge in [0.25, 0.3) is 0 Å². The SMILES string of the molecule is CC1=CC[N+](C)(C)CC1.[I-]. The van der Waals surface area contributed by atoms with Gasteiger partial charge in [-0.1, -0.05) is 5.57 Å². The van der Waals surface area contributed by atoms with E-state index in [1.165, 1.54) is 19.5 Å². The molecule has 0 radical (unpaired) electrons. The van der Waals surface area contributed by atoms with Gasteiger partial charge in [0.1, 0.15) is 0 Å². The third kappa shape index (κ3) is 3.01. The molecule has 60 valence electrons. The van der Waals surface area contributed by atoms with Gasteiger partial charge >= 0.3 is 0 Å². The summed E-state index contributed by atoms with van der Waals surface area (Å²) in [5.41, 5.74) is 1.56. The van der Waals surface area contributed by atoms with E-state index in [2.05, 4.69) is 27.1 Å². The highest BCUT2D eigenvalue weighted by molar-refractivity contribution is 5.00. The van der Waals surface area contributed by atoms with Gasteiger partial charge in [-0.05, 0) is 13.0 Å². The van der Waals surface area contributed by atoms with Crippen LogP contribution in [-0.4, -0.2) is 31.7 Å². The average Bonchev–Trinajstić information content (AvgIpc) is 1.78. The van der Waals surface area contributed by atoms with Crippen molar-refractivity contribution in [3.05, 3.63) is 11.6 Å². The number of quaternary nitrogens is 1. The van der Waals surface area contributed by atoms with Crippen LogP contribution in [0, 0.1) is 0 Å². The van der Waals surface area contributed by atoms with Crippen LogP contribution in [0.4, 0.5) is 0 Å². The molecule has 0 unspecified atom stereocenters. The van der Waals surface area contributed by atoms with E-state index in [9.17, 15) is 0 Å². The van der Waals surface area contributed by atoms with Crippen LogP contribution in [0.15, 0.2) is 11.6 Å². The Balaban J connectivity index is 0.000000810. The Labute approximate surface area is 80.7 Å². The summed E-state index contributed by atoms with van der Waals surface area (Å²) in [6, 6.07) is 0. The van der Waals surface area contributed by atoms with E-state index >= 15 is 0 Å². The summed E-state index contributed by atoms with van der Waals surface area (Å²) >= 11 is 0. The number of hydrogen-bond acceptors (Lipinski definition) is 0. The molecule has 1 nitrogen and oxygen atoms in total. The molecule has 0 amide bonds. The lowest BCUT2D eigenvalue weighted by molar-refractivity contribution is -0.885. The van der Waals surface area contributed by atoms with Gasteiger partial charge in [-0.15, -0.1) is 0 Å². The molecular weight excluding hydrogens is 237 g/mol. The van der Waals surface area contributed by atoms with Gasteiger partial charge in [0.2, 0.25) is 0 Å². The van der Waals surface area contributed by atoms with Crippen molar-refractivity contribution >= 4 is 0 Å². The Hall–Kier alpha value is 0.430. The van der Waals surface area contributed by atoms with Gasteiger partial charge in [-0.25, -0.2) is 0 Å². The molecule has 0 aliphatic carbocycles. The molecule has 0 saturated carbocycles. The van der Waals surface area contributed by atoms with Crippen LogP contribution in [0.3, 0.4) is 0 Å². The van der Waals surface area contributed by atoms with Crippen molar-refractivity contribution < 1.29 is 28.5 Å². The highest BCUT2D eigenvalue weighted by Crippen LogP contribution is 2.12. The molecule has 10 heavy (non-hydrogen) atoms. The van der Waals surface area contributed by atoms with Crippen LogP contribution in [0.1, 0.15) is 13.3 Å². The minimum absolute atomic E-state index is 0. The van der Waals surface area contributed by atoms with Crippen molar-refractivity contribution in [1.82, 2.24) is 0 Å². The first-order valence-electron chi connectivity index (χ1n) is 3.58. The standard InChI is InChI=1S/C8H16N.HI/c1-8-4-6-9(2,3)7-5-8;/h4H,5-7H2,1-3H3;1H/q+1;/p-1. The lowest BCUT2D eigenvalue weighted by Crippen LogP contribution is -3.00. The molecular formula is C8H16IN. The van der Waals surface area contributed by atoms with E-state index in [4.69, 9.17) is 0 Å². The molecule has 0 aromatic rings. The van der Waals surface area contributed by atoms with E-state index in [0.717, 1.165) is 4.48 Å². The van der Waals surface area contributed by atoms with Gasteiger partial charge in [0.05, 0.1) is 27.2 Å². The second kappa shape index (κ2) is 3.72. The fraction of sp³-hybridized carbons (Fsp3) is 0.750. The Kier molecular flexibility index (Phi) is 3.88. The zero-order valence-corrected chi connectivity index (χ0v) is 9.18. The minimum Gasteiger partial charge on any atom is -1.00 e. The summed E-state index contributed by atoms with van der Waals surface area (Å²) in [5.74, 6) is 0. The molecule has 0 atom stereocenters. The van der Waals surface area contributed by atoms with Gasteiger partial charge in [-0.3, -0.25) is 0 Å². The molecule has 0 saturated heterocycles. The molecule has 0 bridgehead atoms. The van der Waals surface area contributed by atoms with E-state index in [1.54, 1.807) is 5.57 Å². The third-order valence-electron chi connectivity index (χ3n) is 2.05. The zero-order valence-electron chi connectivity index (χ0n) is 7.02. The summed E-state index contributed by atoms with van der Waals surface area (Å²) in [6.07, 6.45) is 3.64. The predicted molar refractivity (Wildman–Crippen MR) is 40.2 cm³/mol. The van der Waals surface area contributed by atoms with Crippen molar-refractivity contribution in [2.75, 3.05) is 27.2 Å². The fourth-order valence-corrected chi connectivity index (χ4v) is 1.08. The first-order valence-corrected chi connectivity index (χ1v) is 3.58. The summed E-state index contributed by atoms with van der Waals surface area (Å²) in [7, 11) is 4.56. The maximum atomic E-state index is 2.35. The largest absolute Gasteiger partial charge is 1.00 e. The summed E-state index contributed by atoms with van der Waals surface area (Å²) in [5, 5.41) is 0. The summed E-state index contributed by atoms with van der Waals surface area (Å²) in [4.78, 5) is 0. The summed E-state index contributed by atoms with van der Waals surface area (Å²) in [6.45, 7) is 4.74. The molecule has 0 aromatic heterocycles. The maximum absolute atomic E-state index is 2.35. The fourth-order valence-electron chi connectivity index (χ4n) is 1.08. The Morgan fingerprint density at radius 1 is 1.40 bits per heavy atom. The monoisotopic (exact) mass is 253 g/mol. The second-order valence-corrected chi connectivity index (χ2v) is 3.64. The number of halogens is 1. The van der Waals surface area contributed by atoms with Crippen molar-refractivity contribution in [2.45, 2.75) is 13.3 Å². The molecule has 2 heteroatoms. The van der Waals surface area contributed by atoms with Gasteiger partial charge in [0.15, 0.2) is 0 Å². The van der Waals surface area contributed by atoms with Crippen LogP contribution in [0.2, 0.25) is 0 Å². The average molecular weight is 253 g/mol. The minimum atomic E-state index is 0. The molecule has 1 heterocycles. The predicted octanol–water partition coefficient (Wildman–Crippen LogP) is -1.58. The van der Waals surface area contributed by atoms with Crippen molar-refractivity contribution in [1.29, 1.82) is 0 Å². The number of nitrogens with zero attached hydrogens (tertiary/aromatic N) is 1. The third-order valence-corrected chi connectivity index (χ3v) is 2.05. The normalized spacial score (nSPS) is 22.9. The first kappa shape index (κ1) is 10.4. The van der Waals surface area contributed by atoms with Crippen molar-refractivity contribution in [2.24, 2.45) is 0 Å². The highest BCUT2D eigenvalue weighted by Gasteiger charge is 2.16. The maximum Gasteiger partial charge on any atom is 0.0972 e. The smallest absolute Gasteiger partial charge is 0.0972 e. The van der Waals surface area contributed by atoms with E-state index < -0.39 is 0 Å². The highest BCUT2D eigenvalue weighted by atomic mass is 127. The molecule has 0 fully saturated rings. The molecule has 0 N–H and O–H groups in total. The quantitative estimate of drug-likeness (QED) is 0.277. The lowest BCUT2D eigenvalue weighted by atomic mass is 10.1. The van der Waals surface area contributed by atoms with E-state index in [1.807, 2.05) is 0 Å². The van der Waals surface area contributed by atoms with E-state index in [0.29, 0.717) is 0 Å². The number of likely N-dealkylation sites (N-methyl/N-ethyl adjacent to an activating group) is 1. The Morgan fingerprint density at radius 3 is 2.30 bits per heavy atom. The van der Waals surface area contributed by atoms with Gasteiger partial charge in [0, 0.05) is 6.42 Å². The van der Waals surface area contributed by atoms with Crippen LogP contribution >= 0.6 is 0 Å².